The van der Waals surface area contributed by atoms with Crippen LogP contribution >= 0.6 is 0 Å². The zero-order valence-corrected chi connectivity index (χ0v) is 14.3. The number of amides is 1. The van der Waals surface area contributed by atoms with Crippen LogP contribution in [0.1, 0.15) is 43.0 Å². The quantitative estimate of drug-likeness (QED) is 0.812. The molecule has 1 heterocycles. The van der Waals surface area contributed by atoms with E-state index in [1.807, 2.05) is 4.90 Å². The molecule has 5 nitrogen and oxygen atoms in total. The van der Waals surface area contributed by atoms with Crippen LogP contribution < -0.4 is 4.72 Å². The first kappa shape index (κ1) is 17.7. The smallest absolute Gasteiger partial charge is 0.254 e. The summed E-state index contributed by atoms with van der Waals surface area (Å²) in [6.45, 7) is 6.53. The summed E-state index contributed by atoms with van der Waals surface area (Å²) < 4.78 is 26.4. The number of nitrogens with one attached hydrogen (secondary N) is 1. The first-order chi connectivity index (χ1) is 11.0. The van der Waals surface area contributed by atoms with Gasteiger partial charge in [-0.15, -0.1) is 6.58 Å². The largest absolute Gasteiger partial charge is 0.336 e. The molecule has 1 amide bonds. The van der Waals surface area contributed by atoms with E-state index < -0.39 is 10.0 Å². The summed E-state index contributed by atoms with van der Waals surface area (Å²) >= 11 is 0. The highest BCUT2D eigenvalue weighted by molar-refractivity contribution is 7.89. The molecule has 0 aromatic heterocycles. The molecule has 0 spiro atoms. The van der Waals surface area contributed by atoms with E-state index in [1.165, 1.54) is 18.2 Å². The Balaban J connectivity index is 2.15. The number of rotatable bonds is 6. The van der Waals surface area contributed by atoms with Crippen molar-refractivity contribution in [3.05, 3.63) is 42.5 Å². The van der Waals surface area contributed by atoms with Crippen LogP contribution in [0, 0.1) is 0 Å². The van der Waals surface area contributed by atoms with E-state index in [4.69, 9.17) is 0 Å². The van der Waals surface area contributed by atoms with Gasteiger partial charge in [0.25, 0.3) is 5.91 Å². The van der Waals surface area contributed by atoms with Gasteiger partial charge in [-0.05, 0) is 49.9 Å². The number of benzene rings is 1. The fourth-order valence-electron chi connectivity index (χ4n) is 2.89. The van der Waals surface area contributed by atoms with Gasteiger partial charge >= 0.3 is 0 Å². The van der Waals surface area contributed by atoms with Crippen LogP contribution in [0.25, 0.3) is 0 Å². The first-order valence-electron chi connectivity index (χ1n) is 8.01. The van der Waals surface area contributed by atoms with Crippen molar-refractivity contribution in [3.63, 3.8) is 0 Å². The van der Waals surface area contributed by atoms with Crippen molar-refractivity contribution in [2.45, 2.75) is 43.5 Å². The van der Waals surface area contributed by atoms with E-state index in [2.05, 4.69) is 18.2 Å². The molecule has 2 rings (SSSR count). The molecule has 1 aromatic carbocycles. The maximum absolute atomic E-state index is 12.6. The lowest BCUT2D eigenvalue weighted by Gasteiger charge is -2.35. The normalized spacial score (nSPS) is 18.7. The minimum Gasteiger partial charge on any atom is -0.336 e. The predicted molar refractivity (Wildman–Crippen MR) is 90.8 cm³/mol. The van der Waals surface area contributed by atoms with Gasteiger partial charge in [0.05, 0.1) is 4.90 Å². The summed E-state index contributed by atoms with van der Waals surface area (Å²) in [7, 11) is -3.55. The zero-order chi connectivity index (χ0) is 16.9. The number of carbonyl (C=O) groups excluding carboxylic acids is 1. The molecule has 1 aliphatic heterocycles. The first-order valence-corrected chi connectivity index (χ1v) is 9.49. The molecule has 1 N–H and O–H groups in total. The van der Waals surface area contributed by atoms with Crippen molar-refractivity contribution in [3.8, 4) is 0 Å². The number of nitrogens with zero attached hydrogens (tertiary/aromatic N) is 1. The van der Waals surface area contributed by atoms with Crippen molar-refractivity contribution in [1.82, 2.24) is 9.62 Å². The highest BCUT2D eigenvalue weighted by Gasteiger charge is 2.26. The molecule has 1 aliphatic rings. The molecular formula is C17H24N2O3S. The lowest BCUT2D eigenvalue weighted by atomic mass is 9.99. The average Bonchev–Trinajstić information content (AvgIpc) is 2.59. The van der Waals surface area contributed by atoms with Crippen LogP contribution in [0.4, 0.5) is 0 Å². The Morgan fingerprint density at radius 2 is 2.04 bits per heavy atom. The lowest BCUT2D eigenvalue weighted by molar-refractivity contribution is 0.0608. The Morgan fingerprint density at radius 1 is 1.35 bits per heavy atom. The third kappa shape index (κ3) is 4.20. The van der Waals surface area contributed by atoms with Gasteiger partial charge in [0.2, 0.25) is 10.0 Å². The van der Waals surface area contributed by atoms with Crippen molar-refractivity contribution >= 4 is 15.9 Å². The number of hydrogen-bond acceptors (Lipinski definition) is 3. The maximum atomic E-state index is 12.6. The summed E-state index contributed by atoms with van der Waals surface area (Å²) in [5, 5.41) is 0. The van der Waals surface area contributed by atoms with Crippen molar-refractivity contribution in [2.24, 2.45) is 0 Å². The van der Waals surface area contributed by atoms with E-state index in [9.17, 15) is 13.2 Å². The number of piperidine rings is 1. The van der Waals surface area contributed by atoms with Gasteiger partial charge < -0.3 is 4.90 Å². The predicted octanol–water partition coefficient (Wildman–Crippen LogP) is 2.56. The van der Waals surface area contributed by atoms with Crippen molar-refractivity contribution in [1.29, 1.82) is 0 Å². The molecule has 1 aromatic rings. The standard InChI is InChI=1S/C17H24N2O3S/c1-3-12-18-23(21,22)16-10-8-14(9-11-16)17(20)19-13-6-5-7-15(19)4-2/h3,8-11,15,18H,1,4-7,12-13H2,2H3. The molecular weight excluding hydrogens is 312 g/mol. The Labute approximate surface area is 138 Å². The van der Waals surface area contributed by atoms with Crippen LogP contribution in [0.5, 0.6) is 0 Å². The topological polar surface area (TPSA) is 66.5 Å². The Hall–Kier alpha value is -1.66. The summed E-state index contributed by atoms with van der Waals surface area (Å²) in [5.41, 5.74) is 0.535. The SMILES string of the molecule is C=CCNS(=O)(=O)c1ccc(C(=O)N2CCCCC2CC)cc1. The molecule has 126 valence electrons. The van der Waals surface area contributed by atoms with Crippen molar-refractivity contribution < 1.29 is 13.2 Å². The van der Waals surface area contributed by atoms with E-state index in [-0.39, 0.29) is 23.4 Å². The highest BCUT2D eigenvalue weighted by Crippen LogP contribution is 2.22. The van der Waals surface area contributed by atoms with Gasteiger partial charge in [0.1, 0.15) is 0 Å². The molecule has 0 radical (unpaired) electrons. The van der Waals surface area contributed by atoms with Gasteiger partial charge in [-0.25, -0.2) is 13.1 Å². The minimum atomic E-state index is -3.55. The van der Waals surface area contributed by atoms with Crippen LogP contribution in [-0.4, -0.2) is 38.4 Å². The number of carbonyl (C=O) groups is 1. The monoisotopic (exact) mass is 336 g/mol. The van der Waals surface area contributed by atoms with Gasteiger partial charge in [-0.2, -0.15) is 0 Å². The van der Waals surface area contributed by atoms with E-state index in [0.29, 0.717) is 5.56 Å². The molecule has 6 heteroatoms. The fraction of sp³-hybridized carbons (Fsp3) is 0.471. The van der Waals surface area contributed by atoms with Gasteiger partial charge in [-0.3, -0.25) is 4.79 Å². The molecule has 0 saturated carbocycles. The van der Waals surface area contributed by atoms with Crippen molar-refractivity contribution in [2.75, 3.05) is 13.1 Å². The Morgan fingerprint density at radius 3 is 2.65 bits per heavy atom. The van der Waals surface area contributed by atoms with Crippen LogP contribution in [0.15, 0.2) is 41.8 Å². The molecule has 1 fully saturated rings. The Kier molecular flexibility index (Phi) is 5.96. The second kappa shape index (κ2) is 7.75. The second-order valence-corrected chi connectivity index (χ2v) is 7.49. The second-order valence-electron chi connectivity index (χ2n) is 5.72. The third-order valence-corrected chi connectivity index (χ3v) is 5.63. The molecule has 23 heavy (non-hydrogen) atoms. The van der Waals surface area contributed by atoms with E-state index >= 15 is 0 Å². The lowest BCUT2D eigenvalue weighted by Crippen LogP contribution is -2.43. The van der Waals surface area contributed by atoms with E-state index in [0.717, 1.165) is 32.2 Å². The molecule has 1 atom stereocenters. The summed E-state index contributed by atoms with van der Waals surface area (Å²) in [6.07, 6.45) is 5.66. The van der Waals surface area contributed by atoms with Gasteiger partial charge in [-0.1, -0.05) is 13.0 Å². The molecule has 1 unspecified atom stereocenters. The summed E-state index contributed by atoms with van der Waals surface area (Å²) in [6, 6.07) is 6.42. The molecule has 1 saturated heterocycles. The van der Waals surface area contributed by atoms with Crippen LogP contribution in [-0.2, 0) is 10.0 Å². The van der Waals surface area contributed by atoms with E-state index in [1.54, 1.807) is 12.1 Å². The van der Waals surface area contributed by atoms with Crippen LogP contribution in [0.2, 0.25) is 0 Å². The fourth-order valence-corrected chi connectivity index (χ4v) is 3.89. The van der Waals surface area contributed by atoms with Crippen LogP contribution in [0.3, 0.4) is 0 Å². The molecule has 0 aliphatic carbocycles. The number of sulfonamides is 1. The number of hydrogen-bond donors (Lipinski definition) is 1. The Bertz CT molecular complexity index is 653. The minimum absolute atomic E-state index is 0.0143. The van der Waals surface area contributed by atoms with Gasteiger partial charge in [0.15, 0.2) is 0 Å². The number of likely N-dealkylation sites (tertiary alicyclic amines) is 1. The zero-order valence-electron chi connectivity index (χ0n) is 13.5. The maximum Gasteiger partial charge on any atom is 0.254 e. The highest BCUT2D eigenvalue weighted by atomic mass is 32.2. The van der Waals surface area contributed by atoms with Gasteiger partial charge in [0, 0.05) is 24.7 Å². The summed E-state index contributed by atoms with van der Waals surface area (Å²) in [5.74, 6) is -0.0143. The average molecular weight is 336 g/mol. The third-order valence-electron chi connectivity index (χ3n) is 4.19. The molecule has 0 bridgehead atoms. The summed E-state index contributed by atoms with van der Waals surface area (Å²) in [4.78, 5) is 14.7.